The van der Waals surface area contributed by atoms with E-state index in [0.717, 1.165) is 25.0 Å². The van der Waals surface area contributed by atoms with Gasteiger partial charge in [-0.3, -0.25) is 4.57 Å². The molecule has 1 aromatic heterocycles. The first-order chi connectivity index (χ1) is 9.56. The van der Waals surface area contributed by atoms with E-state index in [1.54, 1.807) is 22.8 Å². The number of aromatic hydroxyl groups is 1. The summed E-state index contributed by atoms with van der Waals surface area (Å²) in [4.78, 5) is 12.6. The predicted octanol–water partition coefficient (Wildman–Crippen LogP) is 3.47. The maximum absolute atomic E-state index is 12.6. The quantitative estimate of drug-likeness (QED) is 0.876. The van der Waals surface area contributed by atoms with Crippen LogP contribution in [0.15, 0.2) is 23.0 Å². The van der Waals surface area contributed by atoms with Crippen LogP contribution in [0.25, 0.3) is 5.69 Å². The van der Waals surface area contributed by atoms with Gasteiger partial charge >= 0.3 is 5.69 Å². The molecule has 1 aliphatic heterocycles. The zero-order chi connectivity index (χ0) is 14.0. The van der Waals surface area contributed by atoms with Gasteiger partial charge in [0.05, 0.1) is 11.4 Å². The lowest BCUT2D eigenvalue weighted by Crippen LogP contribution is -2.25. The van der Waals surface area contributed by atoms with Crippen LogP contribution in [0, 0.1) is 0 Å². The number of benzene rings is 1. The van der Waals surface area contributed by atoms with Crippen LogP contribution in [0.2, 0.25) is 10.0 Å². The molecule has 0 unspecified atom stereocenters. The first-order valence-corrected chi connectivity index (χ1v) is 7.34. The molecule has 1 N–H and O–H groups in total. The number of rotatable bonds is 1. The van der Waals surface area contributed by atoms with Gasteiger partial charge in [0.25, 0.3) is 0 Å². The summed E-state index contributed by atoms with van der Waals surface area (Å²) < 4.78 is 3.04. The summed E-state index contributed by atoms with van der Waals surface area (Å²) >= 11 is 12.0. The molecule has 4 nitrogen and oxygen atoms in total. The molecule has 2 aliphatic rings. The standard InChI is InChI=1S/C14H12Cl2N2O2/c15-8-4-9(16)6-11(5-8)18-13(19)12-7-1-2-10(3-7)17(12)14(18)20/h4-7,10,19H,1-3H2/t7-,10+/m1/s1. The molecule has 2 bridgehead atoms. The van der Waals surface area contributed by atoms with Gasteiger partial charge in [-0.2, -0.15) is 0 Å². The number of hydrogen-bond acceptors (Lipinski definition) is 2. The van der Waals surface area contributed by atoms with Gasteiger partial charge in [0.2, 0.25) is 5.88 Å². The Labute approximate surface area is 125 Å². The van der Waals surface area contributed by atoms with Crippen molar-refractivity contribution in [2.45, 2.75) is 31.2 Å². The molecule has 0 saturated heterocycles. The fraction of sp³-hybridized carbons (Fsp3) is 0.357. The van der Waals surface area contributed by atoms with Crippen LogP contribution in [0.1, 0.15) is 36.9 Å². The summed E-state index contributed by atoms with van der Waals surface area (Å²) in [5.41, 5.74) is 1.07. The van der Waals surface area contributed by atoms with Gasteiger partial charge in [-0.25, -0.2) is 9.36 Å². The molecule has 6 heteroatoms. The molecule has 4 rings (SSSR count). The third-order valence-electron chi connectivity index (χ3n) is 4.36. The first-order valence-electron chi connectivity index (χ1n) is 6.59. The molecule has 2 atom stereocenters. The van der Waals surface area contributed by atoms with Crippen molar-refractivity contribution in [3.63, 3.8) is 0 Å². The van der Waals surface area contributed by atoms with E-state index < -0.39 is 0 Å². The zero-order valence-corrected chi connectivity index (χ0v) is 12.0. The molecule has 1 aromatic carbocycles. The SMILES string of the molecule is O=c1n(-c2cc(Cl)cc(Cl)c2)c(O)c2n1[C@H]1CC[C@@H]2C1. The zero-order valence-electron chi connectivity index (χ0n) is 10.5. The minimum Gasteiger partial charge on any atom is -0.493 e. The highest BCUT2D eigenvalue weighted by molar-refractivity contribution is 6.34. The normalized spacial score (nSPS) is 23.3. The molecule has 1 fully saturated rings. The van der Waals surface area contributed by atoms with E-state index in [0.29, 0.717) is 21.7 Å². The van der Waals surface area contributed by atoms with Crippen LogP contribution >= 0.6 is 23.2 Å². The van der Waals surface area contributed by atoms with Gasteiger partial charge in [-0.1, -0.05) is 23.2 Å². The molecule has 0 radical (unpaired) electrons. The predicted molar refractivity (Wildman–Crippen MR) is 77.3 cm³/mol. The number of fused-ring (bicyclic) bond motifs is 5. The topological polar surface area (TPSA) is 47.2 Å². The van der Waals surface area contributed by atoms with Crippen molar-refractivity contribution >= 4 is 23.2 Å². The second kappa shape index (κ2) is 4.06. The van der Waals surface area contributed by atoms with E-state index in [2.05, 4.69) is 0 Å². The van der Waals surface area contributed by atoms with Crippen molar-refractivity contribution in [3.8, 4) is 11.6 Å². The van der Waals surface area contributed by atoms with Crippen molar-refractivity contribution in [1.29, 1.82) is 0 Å². The van der Waals surface area contributed by atoms with Crippen molar-refractivity contribution in [3.05, 3.63) is 44.4 Å². The molecule has 104 valence electrons. The average Bonchev–Trinajstić information content (AvgIpc) is 3.02. The van der Waals surface area contributed by atoms with Crippen LogP contribution in [0.5, 0.6) is 5.88 Å². The van der Waals surface area contributed by atoms with E-state index >= 15 is 0 Å². The summed E-state index contributed by atoms with van der Waals surface area (Å²) in [6, 6.07) is 5.09. The highest BCUT2D eigenvalue weighted by Gasteiger charge is 2.42. The summed E-state index contributed by atoms with van der Waals surface area (Å²) in [5, 5.41) is 11.3. The molecule has 1 aliphatic carbocycles. The minimum absolute atomic E-state index is 0.0283. The number of halogens is 2. The van der Waals surface area contributed by atoms with Crippen LogP contribution in [-0.2, 0) is 0 Å². The lowest BCUT2D eigenvalue weighted by atomic mass is 10.1. The highest BCUT2D eigenvalue weighted by atomic mass is 35.5. The summed E-state index contributed by atoms with van der Waals surface area (Å²) in [6.45, 7) is 0. The van der Waals surface area contributed by atoms with Crippen molar-refractivity contribution < 1.29 is 5.11 Å². The Bertz CT molecular complexity index is 758. The van der Waals surface area contributed by atoms with E-state index in [9.17, 15) is 9.90 Å². The first kappa shape index (κ1) is 12.4. The Balaban J connectivity index is 1.99. The minimum atomic E-state index is -0.206. The maximum Gasteiger partial charge on any atom is 0.336 e. The van der Waals surface area contributed by atoms with Crippen LogP contribution in [-0.4, -0.2) is 14.2 Å². The Hall–Kier alpha value is -1.39. The number of aromatic nitrogens is 2. The molecule has 0 spiro atoms. The van der Waals surface area contributed by atoms with Crippen LogP contribution in [0.3, 0.4) is 0 Å². The van der Waals surface area contributed by atoms with Crippen molar-refractivity contribution in [2.75, 3.05) is 0 Å². The Kier molecular flexibility index (Phi) is 2.51. The highest BCUT2D eigenvalue weighted by Crippen LogP contribution is 2.50. The number of imidazole rings is 1. The summed E-state index contributed by atoms with van der Waals surface area (Å²) in [7, 11) is 0. The fourth-order valence-corrected chi connectivity index (χ4v) is 4.11. The van der Waals surface area contributed by atoms with Gasteiger partial charge < -0.3 is 5.11 Å². The van der Waals surface area contributed by atoms with Gasteiger partial charge in [-0.15, -0.1) is 0 Å². The lowest BCUT2D eigenvalue weighted by Gasteiger charge is -2.11. The smallest absolute Gasteiger partial charge is 0.336 e. The summed E-state index contributed by atoms with van der Waals surface area (Å²) in [6.07, 6.45) is 3.02. The molecule has 20 heavy (non-hydrogen) atoms. The van der Waals surface area contributed by atoms with Crippen LogP contribution in [0.4, 0.5) is 0 Å². The molecule has 2 aromatic rings. The van der Waals surface area contributed by atoms with Gasteiger partial charge in [0, 0.05) is 22.0 Å². The lowest BCUT2D eigenvalue weighted by molar-refractivity contribution is 0.428. The third-order valence-corrected chi connectivity index (χ3v) is 4.80. The van der Waals surface area contributed by atoms with Crippen molar-refractivity contribution in [2.24, 2.45) is 0 Å². The largest absolute Gasteiger partial charge is 0.493 e. The fourth-order valence-electron chi connectivity index (χ4n) is 3.60. The second-order valence-corrected chi connectivity index (χ2v) is 6.36. The Morgan fingerprint density at radius 2 is 1.85 bits per heavy atom. The van der Waals surface area contributed by atoms with Gasteiger partial charge in [0.15, 0.2) is 0 Å². The van der Waals surface area contributed by atoms with Gasteiger partial charge in [-0.05, 0) is 37.5 Å². The second-order valence-electron chi connectivity index (χ2n) is 5.49. The maximum atomic E-state index is 12.6. The Morgan fingerprint density at radius 3 is 2.50 bits per heavy atom. The van der Waals surface area contributed by atoms with E-state index in [1.165, 1.54) is 4.57 Å². The Morgan fingerprint density at radius 1 is 1.15 bits per heavy atom. The van der Waals surface area contributed by atoms with E-state index in [1.807, 2.05) is 0 Å². The summed E-state index contributed by atoms with van der Waals surface area (Å²) in [5.74, 6) is 0.323. The van der Waals surface area contributed by atoms with E-state index in [4.69, 9.17) is 23.2 Å². The van der Waals surface area contributed by atoms with E-state index in [-0.39, 0.29) is 17.6 Å². The molecule has 2 heterocycles. The molecule has 1 saturated carbocycles. The molecular formula is C14H12Cl2N2O2. The average molecular weight is 311 g/mol. The number of hydrogen-bond donors (Lipinski definition) is 1. The van der Waals surface area contributed by atoms with Crippen LogP contribution < -0.4 is 5.69 Å². The monoisotopic (exact) mass is 310 g/mol. The molecular weight excluding hydrogens is 299 g/mol. The number of nitrogens with zero attached hydrogens (tertiary/aromatic N) is 2. The van der Waals surface area contributed by atoms with Gasteiger partial charge in [0.1, 0.15) is 0 Å². The third kappa shape index (κ3) is 1.52. The van der Waals surface area contributed by atoms with Crippen molar-refractivity contribution in [1.82, 2.24) is 9.13 Å². The molecule has 0 amide bonds.